The van der Waals surface area contributed by atoms with Crippen molar-refractivity contribution in [1.82, 2.24) is 0 Å². The zero-order chi connectivity index (χ0) is 9.31. The molecule has 0 saturated carbocycles. The van der Waals surface area contributed by atoms with Crippen LogP contribution in [0.1, 0.15) is 12.0 Å². The molecule has 1 atom stereocenters. The third-order valence-electron chi connectivity index (χ3n) is 2.24. The van der Waals surface area contributed by atoms with Crippen molar-refractivity contribution in [3.05, 3.63) is 29.8 Å². The predicted octanol–water partition coefficient (Wildman–Crippen LogP) is 1.89. The number of thioether (sulfide) groups is 1. The molecular formula is C10H9NOS. The van der Waals surface area contributed by atoms with Gasteiger partial charge in [0, 0.05) is 22.6 Å². The number of fused-ring (bicyclic) bond motifs is 1. The lowest BCUT2D eigenvalue weighted by molar-refractivity contribution is 0.0901. The van der Waals surface area contributed by atoms with E-state index in [0.717, 1.165) is 16.2 Å². The largest absolute Gasteiger partial charge is 0.371 e. The average molecular weight is 191 g/mol. The van der Waals surface area contributed by atoms with Crippen LogP contribution in [0, 0.1) is 11.3 Å². The highest BCUT2D eigenvalue weighted by Gasteiger charge is 2.34. The molecule has 1 aliphatic rings. The molecule has 0 fully saturated rings. The van der Waals surface area contributed by atoms with Crippen LogP contribution in [-0.2, 0) is 5.60 Å². The molecule has 0 aromatic heterocycles. The quantitative estimate of drug-likeness (QED) is 0.637. The molecule has 0 spiro atoms. The molecule has 1 aromatic rings. The van der Waals surface area contributed by atoms with Gasteiger partial charge in [-0.2, -0.15) is 5.26 Å². The molecule has 0 saturated heterocycles. The summed E-state index contributed by atoms with van der Waals surface area (Å²) < 4.78 is 0. The molecular weight excluding hydrogens is 182 g/mol. The number of hydrogen-bond donors (Lipinski definition) is 1. The molecule has 0 amide bonds. The molecule has 0 bridgehead atoms. The van der Waals surface area contributed by atoms with Crippen LogP contribution in [0.4, 0.5) is 0 Å². The highest BCUT2D eigenvalue weighted by molar-refractivity contribution is 7.99. The minimum absolute atomic E-state index is 0.519. The second kappa shape index (κ2) is 3.06. The summed E-state index contributed by atoms with van der Waals surface area (Å²) in [5, 5.41) is 18.8. The van der Waals surface area contributed by atoms with Crippen molar-refractivity contribution in [1.29, 1.82) is 5.26 Å². The molecule has 1 aliphatic heterocycles. The van der Waals surface area contributed by atoms with E-state index in [2.05, 4.69) is 0 Å². The Morgan fingerprint density at radius 2 is 2.23 bits per heavy atom. The maximum Gasteiger partial charge on any atom is 0.178 e. The van der Waals surface area contributed by atoms with Gasteiger partial charge in [-0.25, -0.2) is 0 Å². The summed E-state index contributed by atoms with van der Waals surface area (Å²) >= 11 is 1.70. The zero-order valence-electron chi connectivity index (χ0n) is 7.03. The number of benzene rings is 1. The number of hydrogen-bond acceptors (Lipinski definition) is 3. The summed E-state index contributed by atoms with van der Waals surface area (Å²) in [5.41, 5.74) is -0.504. The van der Waals surface area contributed by atoms with E-state index < -0.39 is 5.60 Å². The molecule has 66 valence electrons. The van der Waals surface area contributed by atoms with E-state index in [4.69, 9.17) is 5.26 Å². The summed E-state index contributed by atoms with van der Waals surface area (Å²) in [4.78, 5) is 1.03. The standard InChI is InChI=1S/C10H9NOS/c11-7-10(12)5-6-13-9-4-2-1-3-8(9)10/h1-4,12H,5-6H2. The molecule has 1 heterocycles. The van der Waals surface area contributed by atoms with Gasteiger partial charge in [0.25, 0.3) is 0 Å². The fraction of sp³-hybridized carbons (Fsp3) is 0.300. The lowest BCUT2D eigenvalue weighted by atomic mass is 9.92. The number of nitriles is 1. The van der Waals surface area contributed by atoms with E-state index in [1.165, 1.54) is 0 Å². The number of aliphatic hydroxyl groups is 1. The topological polar surface area (TPSA) is 44.0 Å². The van der Waals surface area contributed by atoms with Crippen LogP contribution in [-0.4, -0.2) is 10.9 Å². The van der Waals surface area contributed by atoms with Gasteiger partial charge < -0.3 is 5.11 Å². The van der Waals surface area contributed by atoms with Crippen molar-refractivity contribution in [2.45, 2.75) is 16.9 Å². The second-order valence-corrected chi connectivity index (χ2v) is 4.20. The van der Waals surface area contributed by atoms with Crippen molar-refractivity contribution in [3.63, 3.8) is 0 Å². The average Bonchev–Trinajstić information content (AvgIpc) is 2.19. The van der Waals surface area contributed by atoms with E-state index in [1.807, 2.05) is 30.3 Å². The lowest BCUT2D eigenvalue weighted by Crippen LogP contribution is -2.27. The summed E-state index contributed by atoms with van der Waals surface area (Å²) in [6.07, 6.45) is 0.519. The Kier molecular flexibility index (Phi) is 2.03. The van der Waals surface area contributed by atoms with Crippen LogP contribution in [0.3, 0.4) is 0 Å². The van der Waals surface area contributed by atoms with E-state index >= 15 is 0 Å². The van der Waals surface area contributed by atoms with Gasteiger partial charge in [-0.15, -0.1) is 11.8 Å². The van der Waals surface area contributed by atoms with Gasteiger partial charge >= 0.3 is 0 Å². The van der Waals surface area contributed by atoms with Gasteiger partial charge in [-0.05, 0) is 6.07 Å². The summed E-state index contributed by atoms with van der Waals surface area (Å²) in [6, 6.07) is 9.53. The Morgan fingerprint density at radius 3 is 3.00 bits per heavy atom. The first-order valence-electron chi connectivity index (χ1n) is 4.12. The minimum Gasteiger partial charge on any atom is -0.371 e. The normalized spacial score (nSPS) is 26.2. The Bertz CT molecular complexity index is 371. The van der Waals surface area contributed by atoms with E-state index in [-0.39, 0.29) is 0 Å². The number of nitrogens with zero attached hydrogens (tertiary/aromatic N) is 1. The van der Waals surface area contributed by atoms with Crippen molar-refractivity contribution in [2.24, 2.45) is 0 Å². The van der Waals surface area contributed by atoms with E-state index in [0.29, 0.717) is 6.42 Å². The molecule has 13 heavy (non-hydrogen) atoms. The maximum atomic E-state index is 9.96. The highest BCUT2D eigenvalue weighted by atomic mass is 32.2. The van der Waals surface area contributed by atoms with E-state index in [1.54, 1.807) is 11.8 Å². The fourth-order valence-electron chi connectivity index (χ4n) is 1.49. The molecule has 3 heteroatoms. The molecule has 2 nitrogen and oxygen atoms in total. The Hall–Kier alpha value is -0.980. The molecule has 0 radical (unpaired) electrons. The van der Waals surface area contributed by atoms with Gasteiger partial charge in [0.2, 0.25) is 0 Å². The van der Waals surface area contributed by atoms with E-state index in [9.17, 15) is 5.11 Å². The first kappa shape index (κ1) is 8.61. The molecule has 1 N–H and O–H groups in total. The SMILES string of the molecule is N#CC1(O)CCSc2ccccc21. The van der Waals surface area contributed by atoms with Crippen LogP contribution in [0.15, 0.2) is 29.2 Å². The van der Waals surface area contributed by atoms with Gasteiger partial charge in [0.1, 0.15) is 6.07 Å². The third-order valence-corrected chi connectivity index (χ3v) is 3.31. The van der Waals surface area contributed by atoms with Crippen LogP contribution in [0.5, 0.6) is 0 Å². The molecule has 1 aromatic carbocycles. The Labute approximate surface area is 81.2 Å². The van der Waals surface area contributed by atoms with Gasteiger partial charge in [-0.1, -0.05) is 18.2 Å². The van der Waals surface area contributed by atoms with Crippen LogP contribution in [0.25, 0.3) is 0 Å². The smallest absolute Gasteiger partial charge is 0.178 e. The van der Waals surface area contributed by atoms with Crippen molar-refractivity contribution in [2.75, 3.05) is 5.75 Å². The molecule has 0 aliphatic carbocycles. The van der Waals surface area contributed by atoms with Crippen molar-refractivity contribution >= 4 is 11.8 Å². The fourth-order valence-corrected chi connectivity index (χ4v) is 2.68. The number of rotatable bonds is 0. The van der Waals surface area contributed by atoms with Crippen molar-refractivity contribution < 1.29 is 5.11 Å². The summed E-state index contributed by atoms with van der Waals surface area (Å²) in [6.45, 7) is 0. The molecule has 1 unspecified atom stereocenters. The van der Waals surface area contributed by atoms with Gasteiger partial charge in [0.15, 0.2) is 5.60 Å². The summed E-state index contributed by atoms with van der Waals surface area (Å²) in [5.74, 6) is 0.807. The monoisotopic (exact) mass is 191 g/mol. The molecule has 2 rings (SSSR count). The first-order valence-corrected chi connectivity index (χ1v) is 5.11. The van der Waals surface area contributed by atoms with Gasteiger partial charge in [0.05, 0.1) is 0 Å². The van der Waals surface area contributed by atoms with Gasteiger partial charge in [-0.3, -0.25) is 0 Å². The zero-order valence-corrected chi connectivity index (χ0v) is 7.84. The van der Waals surface area contributed by atoms with Crippen LogP contribution < -0.4 is 0 Å². The predicted molar refractivity (Wildman–Crippen MR) is 51.3 cm³/mol. The Morgan fingerprint density at radius 1 is 1.46 bits per heavy atom. The lowest BCUT2D eigenvalue weighted by Gasteiger charge is -2.27. The summed E-state index contributed by atoms with van der Waals surface area (Å²) in [7, 11) is 0. The van der Waals surface area contributed by atoms with Crippen LogP contribution >= 0.6 is 11.8 Å². The minimum atomic E-state index is -1.26. The third kappa shape index (κ3) is 1.32. The van der Waals surface area contributed by atoms with Crippen LogP contribution in [0.2, 0.25) is 0 Å². The van der Waals surface area contributed by atoms with Crippen molar-refractivity contribution in [3.8, 4) is 6.07 Å². The first-order chi connectivity index (χ1) is 6.26. The highest BCUT2D eigenvalue weighted by Crippen LogP contribution is 2.39. The second-order valence-electron chi connectivity index (χ2n) is 3.07. The Balaban J connectivity index is 2.56. The maximum absolute atomic E-state index is 9.96.